The van der Waals surface area contributed by atoms with E-state index in [0.717, 1.165) is 56.9 Å². The van der Waals surface area contributed by atoms with Gasteiger partial charge in [-0.1, -0.05) is 84.4 Å². The van der Waals surface area contributed by atoms with Gasteiger partial charge in [0.1, 0.15) is 6.61 Å². The molecule has 1 heterocycles. The van der Waals surface area contributed by atoms with Crippen molar-refractivity contribution in [3.05, 3.63) is 52.5 Å². The van der Waals surface area contributed by atoms with Crippen molar-refractivity contribution in [1.82, 2.24) is 0 Å². The molecule has 7 rings (SSSR count). The van der Waals surface area contributed by atoms with Gasteiger partial charge >= 0.3 is 5.97 Å². The van der Waals surface area contributed by atoms with Crippen molar-refractivity contribution in [3.8, 4) is 0 Å². The zero-order valence-electron chi connectivity index (χ0n) is 29.1. The average molecular weight is 634 g/mol. The minimum atomic E-state index is -0.542. The van der Waals surface area contributed by atoms with Crippen LogP contribution >= 0.6 is 0 Å². The molecule has 1 aromatic rings. The highest BCUT2D eigenvalue weighted by atomic mass is 16.7. The summed E-state index contributed by atoms with van der Waals surface area (Å²) < 4.78 is 18.8. The predicted octanol–water partition coefficient (Wildman–Crippen LogP) is 8.81. The molecule has 1 aliphatic heterocycles. The maximum Gasteiger partial charge on any atom is 0.309 e. The van der Waals surface area contributed by atoms with Gasteiger partial charge in [-0.2, -0.15) is 0 Å². The smallest absolute Gasteiger partial charge is 0.309 e. The highest BCUT2D eigenvalue weighted by Crippen LogP contribution is 2.76. The lowest BCUT2D eigenvalue weighted by Crippen LogP contribution is -2.69. The maximum atomic E-state index is 13.8. The number of ether oxygens (including phenoxy) is 3. The third-order valence-electron chi connectivity index (χ3n) is 15.0. The standard InChI is InChI=1S/C39H55NO6/c1-34(2)22-27-26(28(23-34)33(41)43-24-25-11-9-8-10-12-25)13-15-37(6)29(27)21-30(46-40-42)32-36(5)17-18-39(44-19-20-45-39)35(3,4)31(36)14-16-38(32,37)7/h8-12,21,26-28,30-32H,13-20,22-24H2,1-7H3/t26?,27?,28-,30+,31?,32?,36+,37-,38-/m1/s1. The summed E-state index contributed by atoms with van der Waals surface area (Å²) in [6.45, 7) is 18.4. The molecule has 46 heavy (non-hydrogen) atoms. The molecular weight excluding hydrogens is 578 g/mol. The van der Waals surface area contributed by atoms with Gasteiger partial charge in [-0.25, -0.2) is 0 Å². The summed E-state index contributed by atoms with van der Waals surface area (Å²) in [5, 5.41) is 3.13. The first-order valence-electron chi connectivity index (χ1n) is 17.9. The number of fused-ring (bicyclic) bond motifs is 7. The lowest BCUT2D eigenvalue weighted by Gasteiger charge is -2.72. The summed E-state index contributed by atoms with van der Waals surface area (Å²) in [4.78, 5) is 31.8. The van der Waals surface area contributed by atoms with Gasteiger partial charge in [-0.3, -0.25) is 4.79 Å². The second kappa shape index (κ2) is 10.9. The van der Waals surface area contributed by atoms with Crippen molar-refractivity contribution in [2.45, 2.75) is 118 Å². The van der Waals surface area contributed by atoms with Crippen molar-refractivity contribution >= 4 is 5.97 Å². The van der Waals surface area contributed by atoms with Crippen LogP contribution in [0.2, 0.25) is 0 Å². The zero-order valence-corrected chi connectivity index (χ0v) is 29.1. The minimum absolute atomic E-state index is 0.0136. The molecule has 5 fully saturated rings. The number of esters is 1. The number of carbonyl (C=O) groups excluding carboxylic acids is 1. The Morgan fingerprint density at radius 1 is 0.913 bits per heavy atom. The molecule has 1 saturated heterocycles. The molecule has 4 saturated carbocycles. The largest absolute Gasteiger partial charge is 0.461 e. The maximum absolute atomic E-state index is 13.8. The van der Waals surface area contributed by atoms with E-state index in [2.05, 4.69) is 59.9 Å². The monoisotopic (exact) mass is 633 g/mol. The van der Waals surface area contributed by atoms with Crippen LogP contribution in [0.15, 0.2) is 47.3 Å². The molecule has 7 nitrogen and oxygen atoms in total. The molecule has 0 N–H and O–H groups in total. The van der Waals surface area contributed by atoms with Gasteiger partial charge in [-0.15, -0.1) is 4.91 Å². The van der Waals surface area contributed by atoms with E-state index < -0.39 is 11.9 Å². The third kappa shape index (κ3) is 4.53. The summed E-state index contributed by atoms with van der Waals surface area (Å²) in [5.74, 6) is 0.187. The van der Waals surface area contributed by atoms with Gasteiger partial charge in [0, 0.05) is 17.8 Å². The number of hydrogen-bond donors (Lipinski definition) is 0. The van der Waals surface area contributed by atoms with E-state index in [1.807, 2.05) is 30.3 Å². The van der Waals surface area contributed by atoms with Crippen LogP contribution in [0.3, 0.4) is 0 Å². The normalized spacial score (nSPS) is 43.2. The van der Waals surface area contributed by atoms with E-state index in [4.69, 9.17) is 19.0 Å². The molecule has 0 radical (unpaired) electrons. The van der Waals surface area contributed by atoms with E-state index >= 15 is 0 Å². The quantitative estimate of drug-likeness (QED) is 0.139. The van der Waals surface area contributed by atoms with Gasteiger partial charge in [0.25, 0.3) is 0 Å². The zero-order chi connectivity index (χ0) is 32.8. The Balaban J connectivity index is 1.25. The second-order valence-electron chi connectivity index (χ2n) is 17.8. The Morgan fingerprint density at radius 2 is 1.63 bits per heavy atom. The Bertz CT molecular complexity index is 1380. The topological polar surface area (TPSA) is 83.4 Å². The summed E-state index contributed by atoms with van der Waals surface area (Å²) in [6.07, 6.45) is 9.76. The summed E-state index contributed by atoms with van der Waals surface area (Å²) in [6, 6.07) is 9.97. The average Bonchev–Trinajstić information content (AvgIpc) is 3.50. The Hall–Kier alpha value is -2.25. The molecule has 7 heteroatoms. The molecule has 1 spiro atoms. The second-order valence-corrected chi connectivity index (χ2v) is 17.8. The van der Waals surface area contributed by atoms with E-state index in [-0.39, 0.29) is 56.7 Å². The number of benzene rings is 1. The Labute approximate surface area is 275 Å². The van der Waals surface area contributed by atoms with Crippen LogP contribution in [-0.2, 0) is 30.4 Å². The fraction of sp³-hybridized carbons (Fsp3) is 0.769. The van der Waals surface area contributed by atoms with E-state index in [9.17, 15) is 9.70 Å². The molecule has 9 atom stereocenters. The fourth-order valence-electron chi connectivity index (χ4n) is 12.8. The van der Waals surface area contributed by atoms with E-state index in [0.29, 0.717) is 25.7 Å². The van der Waals surface area contributed by atoms with Crippen molar-refractivity contribution < 1.29 is 23.8 Å². The van der Waals surface area contributed by atoms with Crippen LogP contribution in [0, 0.1) is 61.6 Å². The highest BCUT2D eigenvalue weighted by Gasteiger charge is 2.73. The Kier molecular flexibility index (Phi) is 7.64. The summed E-state index contributed by atoms with van der Waals surface area (Å²) in [7, 11) is 0. The molecule has 4 unspecified atom stereocenters. The molecule has 0 bridgehead atoms. The highest BCUT2D eigenvalue weighted by molar-refractivity contribution is 5.73. The van der Waals surface area contributed by atoms with Crippen LogP contribution in [-0.4, -0.2) is 31.1 Å². The number of rotatable bonds is 5. The lowest BCUT2D eigenvalue weighted by molar-refractivity contribution is -0.314. The van der Waals surface area contributed by atoms with Gasteiger partial charge in [-0.05, 0) is 96.0 Å². The predicted molar refractivity (Wildman–Crippen MR) is 176 cm³/mol. The number of nitrogens with zero attached hydrogens (tertiary/aromatic N) is 1. The van der Waals surface area contributed by atoms with Crippen LogP contribution in [0.4, 0.5) is 0 Å². The summed E-state index contributed by atoms with van der Waals surface area (Å²) >= 11 is 0. The molecule has 1 aromatic carbocycles. The van der Waals surface area contributed by atoms with E-state index in [1.54, 1.807) is 0 Å². The van der Waals surface area contributed by atoms with Gasteiger partial charge in [0.15, 0.2) is 17.2 Å². The van der Waals surface area contributed by atoms with Crippen LogP contribution in [0.25, 0.3) is 0 Å². The van der Waals surface area contributed by atoms with Crippen molar-refractivity contribution in [2.75, 3.05) is 13.2 Å². The SMILES string of the molecule is CC1(C)CC2C3=C[C@H](ON=O)C4[C@@]5(C)CCC6(OCCO6)C(C)(C)C5CC[C@@]4(C)[C@]3(C)CCC2[C@H](C(=O)OCc2ccccc2)C1. The molecule has 5 aliphatic carbocycles. The molecule has 6 aliphatic rings. The number of carbonyl (C=O) groups is 1. The number of hydrogen-bond acceptors (Lipinski definition) is 7. The van der Waals surface area contributed by atoms with Crippen molar-refractivity contribution in [2.24, 2.45) is 62.0 Å². The summed E-state index contributed by atoms with van der Waals surface area (Å²) in [5.41, 5.74) is 1.98. The van der Waals surface area contributed by atoms with Gasteiger partial charge in [0.2, 0.25) is 0 Å². The van der Waals surface area contributed by atoms with Crippen LogP contribution in [0.1, 0.15) is 105 Å². The fourth-order valence-corrected chi connectivity index (χ4v) is 12.8. The first-order chi connectivity index (χ1) is 21.7. The molecule has 252 valence electrons. The Morgan fingerprint density at radius 3 is 2.33 bits per heavy atom. The lowest BCUT2D eigenvalue weighted by atomic mass is 9.33. The van der Waals surface area contributed by atoms with Crippen molar-refractivity contribution in [1.29, 1.82) is 0 Å². The van der Waals surface area contributed by atoms with Gasteiger partial charge in [0.05, 0.1) is 19.1 Å². The van der Waals surface area contributed by atoms with Crippen LogP contribution < -0.4 is 0 Å². The van der Waals surface area contributed by atoms with Crippen LogP contribution in [0.5, 0.6) is 0 Å². The third-order valence-corrected chi connectivity index (χ3v) is 15.0. The molecule has 0 aromatic heterocycles. The number of allylic oxidation sites excluding steroid dienone is 1. The molecular formula is C39H55NO6. The first-order valence-corrected chi connectivity index (χ1v) is 17.9. The van der Waals surface area contributed by atoms with E-state index in [1.165, 1.54) is 5.57 Å². The molecule has 0 amide bonds. The minimum Gasteiger partial charge on any atom is -0.461 e. The first kappa shape index (κ1) is 32.3. The van der Waals surface area contributed by atoms with Crippen molar-refractivity contribution in [3.63, 3.8) is 0 Å². The van der Waals surface area contributed by atoms with Gasteiger partial charge < -0.3 is 19.0 Å².